The molecule has 7 heteroatoms. The number of hydrogen-bond donors (Lipinski definition) is 3. The zero-order chi connectivity index (χ0) is 19.2. The molecule has 0 saturated heterocycles. The molecule has 0 bridgehead atoms. The summed E-state index contributed by atoms with van der Waals surface area (Å²) < 4.78 is 1.34. The number of carbonyl (C=O) groups is 1. The molecule has 3 aromatic rings. The van der Waals surface area contributed by atoms with Crippen molar-refractivity contribution in [1.82, 2.24) is 14.9 Å². The number of amides is 1. The minimum atomic E-state index is -1.08. The van der Waals surface area contributed by atoms with Gasteiger partial charge in [0.05, 0.1) is 5.69 Å². The number of H-pyrrole nitrogens is 1. The highest BCUT2D eigenvalue weighted by Crippen LogP contribution is 2.13. The van der Waals surface area contributed by atoms with Gasteiger partial charge in [-0.05, 0) is 36.1 Å². The van der Waals surface area contributed by atoms with E-state index in [1.807, 2.05) is 36.4 Å². The molecule has 1 amide bonds. The third-order valence-electron chi connectivity index (χ3n) is 4.15. The average Bonchev–Trinajstić information content (AvgIpc) is 2.62. The van der Waals surface area contributed by atoms with Gasteiger partial charge in [-0.15, -0.1) is 0 Å². The summed E-state index contributed by atoms with van der Waals surface area (Å²) in [5.41, 5.74) is 1.53. The third kappa shape index (κ3) is 4.94. The molecular weight excluding hydrogens is 346 g/mol. The van der Waals surface area contributed by atoms with Gasteiger partial charge < -0.3 is 10.4 Å². The van der Waals surface area contributed by atoms with Crippen molar-refractivity contribution in [1.29, 1.82) is 0 Å². The largest absolute Gasteiger partial charge is 0.465 e. The van der Waals surface area contributed by atoms with E-state index in [0.29, 0.717) is 18.5 Å². The Morgan fingerprint density at radius 1 is 1.00 bits per heavy atom. The second-order valence-corrected chi connectivity index (χ2v) is 6.19. The molecule has 1 heterocycles. The standard InChI is InChI=1S/C20H19N3O4/c24-18-9-10-23(19(25)22-18)17-8-4-7-15(13-17)12-16(21-20(26)27)11-14-5-2-1-3-6-14/h1-10,13,16,21H,11-12H2,(H,26,27)(H,22,24,25). The molecule has 0 saturated carbocycles. The second-order valence-electron chi connectivity index (χ2n) is 6.19. The highest BCUT2D eigenvalue weighted by molar-refractivity contribution is 5.65. The Morgan fingerprint density at radius 3 is 2.41 bits per heavy atom. The molecule has 7 nitrogen and oxygen atoms in total. The molecule has 1 aromatic heterocycles. The van der Waals surface area contributed by atoms with Crippen LogP contribution in [0.15, 0.2) is 76.4 Å². The smallest absolute Gasteiger partial charge is 0.404 e. The van der Waals surface area contributed by atoms with Gasteiger partial charge in [0.15, 0.2) is 0 Å². The quantitative estimate of drug-likeness (QED) is 0.621. The van der Waals surface area contributed by atoms with Crippen LogP contribution in [0, 0.1) is 0 Å². The molecule has 0 aliphatic heterocycles. The molecule has 3 rings (SSSR count). The van der Waals surface area contributed by atoms with Crippen LogP contribution in [0.25, 0.3) is 5.69 Å². The molecule has 138 valence electrons. The zero-order valence-electron chi connectivity index (χ0n) is 14.5. The van der Waals surface area contributed by atoms with Crippen LogP contribution < -0.4 is 16.6 Å². The van der Waals surface area contributed by atoms with Crippen molar-refractivity contribution in [3.63, 3.8) is 0 Å². The lowest BCUT2D eigenvalue weighted by Gasteiger charge is -2.18. The van der Waals surface area contributed by atoms with Gasteiger partial charge in [0, 0.05) is 18.3 Å². The number of carboxylic acid groups (broad SMARTS) is 1. The first kappa shape index (κ1) is 18.2. The van der Waals surface area contributed by atoms with Crippen LogP contribution in [0.3, 0.4) is 0 Å². The Bertz CT molecular complexity index is 1040. The van der Waals surface area contributed by atoms with Crippen LogP contribution >= 0.6 is 0 Å². The van der Waals surface area contributed by atoms with E-state index in [-0.39, 0.29) is 6.04 Å². The summed E-state index contributed by atoms with van der Waals surface area (Å²) in [6.45, 7) is 0. The Hall–Kier alpha value is -3.61. The lowest BCUT2D eigenvalue weighted by Crippen LogP contribution is -2.37. The maximum Gasteiger partial charge on any atom is 0.404 e. The number of aromatic amines is 1. The average molecular weight is 365 g/mol. The molecule has 0 aliphatic carbocycles. The summed E-state index contributed by atoms with van der Waals surface area (Å²) in [5.74, 6) is 0. The minimum absolute atomic E-state index is 0.313. The Morgan fingerprint density at radius 2 is 1.70 bits per heavy atom. The first-order valence-corrected chi connectivity index (χ1v) is 8.46. The molecule has 1 unspecified atom stereocenters. The highest BCUT2D eigenvalue weighted by Gasteiger charge is 2.14. The van der Waals surface area contributed by atoms with Crippen LogP contribution in [0.2, 0.25) is 0 Å². The number of benzene rings is 2. The number of nitrogens with one attached hydrogen (secondary N) is 2. The number of aromatic nitrogens is 2. The van der Waals surface area contributed by atoms with Crippen molar-refractivity contribution in [3.8, 4) is 5.69 Å². The molecule has 2 aromatic carbocycles. The molecule has 1 atom stereocenters. The third-order valence-corrected chi connectivity index (χ3v) is 4.15. The van der Waals surface area contributed by atoms with E-state index in [1.54, 1.807) is 18.2 Å². The van der Waals surface area contributed by atoms with Gasteiger partial charge in [-0.25, -0.2) is 9.59 Å². The fraction of sp³-hybridized carbons (Fsp3) is 0.150. The highest BCUT2D eigenvalue weighted by atomic mass is 16.4. The Kier molecular flexibility index (Phi) is 5.51. The van der Waals surface area contributed by atoms with Crippen molar-refractivity contribution in [2.75, 3.05) is 0 Å². The van der Waals surface area contributed by atoms with E-state index in [0.717, 1.165) is 11.1 Å². The number of hydrogen-bond acceptors (Lipinski definition) is 3. The summed E-state index contributed by atoms with van der Waals surface area (Å²) in [7, 11) is 0. The van der Waals surface area contributed by atoms with E-state index in [9.17, 15) is 14.4 Å². The molecule has 3 N–H and O–H groups in total. The van der Waals surface area contributed by atoms with Gasteiger partial charge in [0.1, 0.15) is 0 Å². The van der Waals surface area contributed by atoms with Crippen molar-refractivity contribution in [2.24, 2.45) is 0 Å². The topological polar surface area (TPSA) is 104 Å². The first-order chi connectivity index (χ1) is 13.0. The van der Waals surface area contributed by atoms with Crippen LogP contribution in [0.1, 0.15) is 11.1 Å². The molecule has 0 aliphatic rings. The predicted molar refractivity (Wildman–Crippen MR) is 101 cm³/mol. The monoisotopic (exact) mass is 365 g/mol. The normalized spacial score (nSPS) is 11.7. The van der Waals surface area contributed by atoms with Crippen molar-refractivity contribution < 1.29 is 9.90 Å². The fourth-order valence-corrected chi connectivity index (χ4v) is 2.99. The van der Waals surface area contributed by atoms with Crippen LogP contribution in [-0.4, -0.2) is 26.8 Å². The zero-order valence-corrected chi connectivity index (χ0v) is 14.5. The molecule has 0 spiro atoms. The van der Waals surface area contributed by atoms with Crippen molar-refractivity contribution in [3.05, 3.63) is 98.8 Å². The first-order valence-electron chi connectivity index (χ1n) is 8.46. The van der Waals surface area contributed by atoms with Gasteiger partial charge >= 0.3 is 11.8 Å². The summed E-state index contributed by atoms with van der Waals surface area (Å²) in [4.78, 5) is 36.6. The van der Waals surface area contributed by atoms with Crippen molar-refractivity contribution >= 4 is 6.09 Å². The minimum Gasteiger partial charge on any atom is -0.465 e. The van der Waals surface area contributed by atoms with E-state index in [1.165, 1.54) is 16.8 Å². The van der Waals surface area contributed by atoms with E-state index in [4.69, 9.17) is 5.11 Å². The summed E-state index contributed by atoms with van der Waals surface area (Å²) in [5, 5.41) is 11.7. The van der Waals surface area contributed by atoms with Crippen molar-refractivity contribution in [2.45, 2.75) is 18.9 Å². The number of nitrogens with zero attached hydrogens (tertiary/aromatic N) is 1. The fourth-order valence-electron chi connectivity index (χ4n) is 2.99. The molecular formula is C20H19N3O4. The van der Waals surface area contributed by atoms with E-state index >= 15 is 0 Å². The summed E-state index contributed by atoms with van der Waals surface area (Å²) in [6, 6.07) is 17.8. The van der Waals surface area contributed by atoms with Crippen LogP contribution in [0.4, 0.5) is 4.79 Å². The van der Waals surface area contributed by atoms with Gasteiger partial charge in [-0.2, -0.15) is 0 Å². The SMILES string of the molecule is O=C(O)NC(Cc1ccccc1)Cc1cccc(-n2ccc(=O)[nH]c2=O)c1. The number of rotatable bonds is 6. The lowest BCUT2D eigenvalue weighted by molar-refractivity contribution is 0.189. The van der Waals surface area contributed by atoms with Crippen LogP contribution in [-0.2, 0) is 12.8 Å². The van der Waals surface area contributed by atoms with Gasteiger partial charge in [0.2, 0.25) is 0 Å². The lowest BCUT2D eigenvalue weighted by atomic mass is 9.98. The predicted octanol–water partition coefficient (Wildman–Crippen LogP) is 1.95. The summed E-state index contributed by atoms with van der Waals surface area (Å²) in [6.07, 6.45) is 1.35. The Balaban J connectivity index is 1.84. The van der Waals surface area contributed by atoms with Gasteiger partial charge in [0.25, 0.3) is 5.56 Å². The van der Waals surface area contributed by atoms with E-state index in [2.05, 4.69) is 10.3 Å². The Labute approximate surface area is 154 Å². The maximum absolute atomic E-state index is 12.0. The van der Waals surface area contributed by atoms with Gasteiger partial charge in [-0.1, -0.05) is 42.5 Å². The van der Waals surface area contributed by atoms with Gasteiger partial charge in [-0.3, -0.25) is 14.3 Å². The second kappa shape index (κ2) is 8.18. The van der Waals surface area contributed by atoms with E-state index < -0.39 is 17.3 Å². The molecule has 0 fully saturated rings. The van der Waals surface area contributed by atoms with Crippen LogP contribution in [0.5, 0.6) is 0 Å². The maximum atomic E-state index is 12.0. The molecule has 0 radical (unpaired) electrons. The summed E-state index contributed by atoms with van der Waals surface area (Å²) >= 11 is 0. The molecule has 27 heavy (non-hydrogen) atoms.